The maximum absolute atomic E-state index is 12.6. The van der Waals surface area contributed by atoms with E-state index in [4.69, 9.17) is 9.15 Å². The Kier molecular flexibility index (Phi) is 6.07. The number of anilines is 2. The molecule has 8 heteroatoms. The van der Waals surface area contributed by atoms with E-state index in [1.807, 2.05) is 6.07 Å². The minimum absolute atomic E-state index is 0.152. The zero-order valence-electron chi connectivity index (χ0n) is 17.7. The highest BCUT2D eigenvalue weighted by Gasteiger charge is 2.15. The Bertz CT molecular complexity index is 1200. The van der Waals surface area contributed by atoms with Crippen LogP contribution in [0.15, 0.2) is 41.0 Å². The molecule has 160 valence electrons. The van der Waals surface area contributed by atoms with Crippen molar-refractivity contribution in [3.8, 4) is 5.75 Å². The summed E-state index contributed by atoms with van der Waals surface area (Å²) >= 11 is 0. The molecule has 0 bridgehead atoms. The molecule has 0 unspecified atom stereocenters. The highest BCUT2D eigenvalue weighted by molar-refractivity contribution is 7.92. The quantitative estimate of drug-likeness (QED) is 0.578. The third kappa shape index (κ3) is 4.94. The van der Waals surface area contributed by atoms with E-state index in [1.54, 1.807) is 24.5 Å². The van der Waals surface area contributed by atoms with Crippen molar-refractivity contribution < 1.29 is 22.4 Å². The Morgan fingerprint density at radius 1 is 1.20 bits per heavy atom. The molecule has 0 radical (unpaired) electrons. The topological polar surface area (TPSA) is 97.6 Å². The van der Waals surface area contributed by atoms with Crippen LogP contribution in [0.2, 0.25) is 0 Å². The summed E-state index contributed by atoms with van der Waals surface area (Å²) in [7, 11) is -2.01. The molecule has 30 heavy (non-hydrogen) atoms. The Hall–Kier alpha value is -3.00. The van der Waals surface area contributed by atoms with Gasteiger partial charge < -0.3 is 14.5 Å². The number of carbonyl (C=O) groups is 1. The summed E-state index contributed by atoms with van der Waals surface area (Å²) in [6.07, 6.45) is 2.83. The van der Waals surface area contributed by atoms with Crippen molar-refractivity contribution in [3.63, 3.8) is 0 Å². The summed E-state index contributed by atoms with van der Waals surface area (Å²) in [6, 6.07) is 8.82. The maximum atomic E-state index is 12.6. The average Bonchev–Trinajstić information content (AvgIpc) is 3.02. The number of amides is 1. The first-order valence-corrected chi connectivity index (χ1v) is 11.4. The van der Waals surface area contributed by atoms with Gasteiger partial charge in [0.05, 0.1) is 31.7 Å². The number of nitrogens with one attached hydrogen (secondary N) is 2. The van der Waals surface area contributed by atoms with Gasteiger partial charge in [-0.25, -0.2) is 8.42 Å². The molecule has 0 aliphatic heterocycles. The van der Waals surface area contributed by atoms with Gasteiger partial charge in [-0.15, -0.1) is 0 Å². The summed E-state index contributed by atoms with van der Waals surface area (Å²) in [6.45, 7) is 6.33. The summed E-state index contributed by atoms with van der Waals surface area (Å²) in [5, 5.41) is 3.76. The molecule has 3 rings (SSSR count). The molecule has 1 heterocycles. The number of aryl methyl sites for hydroxylation is 1. The molecular weight excluding hydrogens is 404 g/mol. The largest absolute Gasteiger partial charge is 0.494 e. The normalized spacial score (nSPS) is 11.7. The molecule has 1 aromatic heterocycles. The minimum Gasteiger partial charge on any atom is -0.494 e. The van der Waals surface area contributed by atoms with Gasteiger partial charge in [0.2, 0.25) is 15.9 Å². The lowest BCUT2D eigenvalue weighted by molar-refractivity contribution is -0.115. The molecule has 2 N–H and O–H groups in total. The minimum atomic E-state index is -3.44. The van der Waals surface area contributed by atoms with Crippen molar-refractivity contribution in [1.82, 2.24) is 0 Å². The van der Waals surface area contributed by atoms with E-state index in [1.165, 1.54) is 12.7 Å². The van der Waals surface area contributed by atoms with Gasteiger partial charge in [-0.1, -0.05) is 13.8 Å². The van der Waals surface area contributed by atoms with E-state index < -0.39 is 10.0 Å². The fourth-order valence-corrected chi connectivity index (χ4v) is 4.00. The summed E-state index contributed by atoms with van der Waals surface area (Å²) in [4.78, 5) is 12.6. The highest BCUT2D eigenvalue weighted by atomic mass is 32.2. The summed E-state index contributed by atoms with van der Waals surface area (Å²) < 4.78 is 36.2. The molecule has 0 spiro atoms. The number of fused-ring (bicyclic) bond motifs is 1. The number of ether oxygens (including phenoxy) is 1. The molecule has 0 aliphatic rings. The van der Waals surface area contributed by atoms with E-state index in [0.717, 1.165) is 28.4 Å². The molecule has 7 nitrogen and oxygen atoms in total. The van der Waals surface area contributed by atoms with Crippen molar-refractivity contribution in [2.75, 3.05) is 23.4 Å². The van der Waals surface area contributed by atoms with Gasteiger partial charge in [-0.3, -0.25) is 9.52 Å². The van der Waals surface area contributed by atoms with Gasteiger partial charge in [-0.05, 0) is 48.2 Å². The molecule has 0 fully saturated rings. The van der Waals surface area contributed by atoms with Gasteiger partial charge in [0.15, 0.2) is 0 Å². The van der Waals surface area contributed by atoms with E-state index in [2.05, 4.69) is 36.9 Å². The second-order valence-electron chi connectivity index (χ2n) is 7.63. The lowest BCUT2D eigenvalue weighted by Crippen LogP contribution is -2.15. The van der Waals surface area contributed by atoms with Crippen LogP contribution in [-0.4, -0.2) is 27.7 Å². The lowest BCUT2D eigenvalue weighted by atomic mass is 9.95. The third-order valence-corrected chi connectivity index (χ3v) is 5.39. The SMILES string of the molecule is COc1cc(NC(=O)Cc2coc3cc(C)c(C(C)C)cc23)ccc1NS(C)(=O)=O. The fourth-order valence-electron chi connectivity index (χ4n) is 3.43. The van der Waals surface area contributed by atoms with Gasteiger partial charge >= 0.3 is 0 Å². The summed E-state index contributed by atoms with van der Waals surface area (Å²) in [5.41, 5.74) is 4.77. The fraction of sp³-hybridized carbons (Fsp3) is 0.318. The van der Waals surface area contributed by atoms with E-state index in [-0.39, 0.29) is 12.3 Å². The van der Waals surface area contributed by atoms with Crippen LogP contribution < -0.4 is 14.8 Å². The number of carbonyl (C=O) groups excluding carboxylic acids is 1. The first kappa shape index (κ1) is 21.7. The summed E-state index contributed by atoms with van der Waals surface area (Å²) in [5.74, 6) is 0.469. The molecular formula is C22H26N2O5S. The molecule has 0 saturated heterocycles. The van der Waals surface area contributed by atoms with Crippen molar-refractivity contribution in [2.24, 2.45) is 0 Å². The maximum Gasteiger partial charge on any atom is 0.229 e. The molecule has 0 atom stereocenters. The number of methoxy groups -OCH3 is 1. The average molecular weight is 431 g/mol. The van der Waals surface area contributed by atoms with Crippen molar-refractivity contribution in [2.45, 2.75) is 33.1 Å². The second-order valence-corrected chi connectivity index (χ2v) is 9.38. The molecule has 1 amide bonds. The molecule has 0 aliphatic carbocycles. The zero-order chi connectivity index (χ0) is 22.1. The van der Waals surface area contributed by atoms with E-state index in [9.17, 15) is 13.2 Å². The van der Waals surface area contributed by atoms with Crippen LogP contribution in [0.3, 0.4) is 0 Å². The number of rotatable bonds is 7. The number of hydrogen-bond acceptors (Lipinski definition) is 5. The van der Waals surface area contributed by atoms with Crippen LogP contribution in [0.4, 0.5) is 11.4 Å². The smallest absolute Gasteiger partial charge is 0.229 e. The Balaban J connectivity index is 1.80. The van der Waals surface area contributed by atoms with Crippen LogP contribution in [0.1, 0.15) is 36.5 Å². The number of hydrogen-bond donors (Lipinski definition) is 2. The first-order chi connectivity index (χ1) is 14.1. The molecule has 2 aromatic carbocycles. The van der Waals surface area contributed by atoms with Crippen LogP contribution in [-0.2, 0) is 21.2 Å². The molecule has 3 aromatic rings. The standard InChI is InChI=1S/C22H26N2O5S/c1-13(2)17-11-18-15(12-29-20(18)8-14(17)3)9-22(25)23-16-6-7-19(21(10-16)28-4)24-30(5,26)27/h6-8,10-13,24H,9H2,1-5H3,(H,23,25). The second kappa shape index (κ2) is 8.39. The lowest BCUT2D eigenvalue weighted by Gasteiger charge is -2.12. The van der Waals surface area contributed by atoms with Gasteiger partial charge in [-0.2, -0.15) is 0 Å². The van der Waals surface area contributed by atoms with Crippen LogP contribution in [0.5, 0.6) is 5.75 Å². The predicted molar refractivity (Wildman–Crippen MR) is 119 cm³/mol. The Morgan fingerprint density at radius 3 is 2.57 bits per heavy atom. The van der Waals surface area contributed by atoms with Gasteiger partial charge in [0, 0.05) is 22.7 Å². The third-order valence-electron chi connectivity index (χ3n) is 4.80. The van der Waals surface area contributed by atoms with Crippen molar-refractivity contribution in [3.05, 3.63) is 53.3 Å². The van der Waals surface area contributed by atoms with Crippen LogP contribution in [0, 0.1) is 6.92 Å². The predicted octanol–water partition coefficient (Wildman–Crippen LogP) is 4.43. The van der Waals surface area contributed by atoms with Crippen molar-refractivity contribution >= 4 is 38.3 Å². The van der Waals surface area contributed by atoms with Gasteiger partial charge in [0.1, 0.15) is 11.3 Å². The van der Waals surface area contributed by atoms with Gasteiger partial charge in [0.25, 0.3) is 0 Å². The van der Waals surface area contributed by atoms with Crippen LogP contribution >= 0.6 is 0 Å². The zero-order valence-corrected chi connectivity index (χ0v) is 18.5. The molecule has 0 saturated carbocycles. The monoisotopic (exact) mass is 430 g/mol. The Morgan fingerprint density at radius 2 is 1.93 bits per heavy atom. The Labute approximate surface area is 176 Å². The van der Waals surface area contributed by atoms with E-state index >= 15 is 0 Å². The first-order valence-electron chi connectivity index (χ1n) is 9.53. The number of benzene rings is 2. The van der Waals surface area contributed by atoms with Crippen molar-refractivity contribution in [1.29, 1.82) is 0 Å². The van der Waals surface area contributed by atoms with E-state index in [0.29, 0.717) is 23.0 Å². The van der Waals surface area contributed by atoms with Crippen LogP contribution in [0.25, 0.3) is 11.0 Å². The number of furan rings is 1. The number of sulfonamides is 1. The highest BCUT2D eigenvalue weighted by Crippen LogP contribution is 2.30.